The zero-order valence-electron chi connectivity index (χ0n) is 10.2. The number of nitrogens with zero attached hydrogens (tertiary/aromatic N) is 1. The van der Waals surface area contributed by atoms with Crippen LogP contribution in [0.2, 0.25) is 0 Å². The van der Waals surface area contributed by atoms with Crippen LogP contribution in [0.4, 0.5) is 13.2 Å². The van der Waals surface area contributed by atoms with Gasteiger partial charge in [0.05, 0.1) is 18.2 Å². The molecule has 0 radical (unpaired) electrons. The summed E-state index contributed by atoms with van der Waals surface area (Å²) < 4.78 is 45.1. The SMILES string of the molecule is CCOC(=O)c1cc(C#N)c(C)cc1OC(F)(F)F. The first kappa shape index (κ1) is 14.8. The van der Waals surface area contributed by atoms with Crippen LogP contribution in [-0.2, 0) is 4.74 Å². The van der Waals surface area contributed by atoms with Crippen molar-refractivity contribution in [3.05, 3.63) is 28.8 Å². The Bertz CT molecular complexity index is 532. The number of rotatable bonds is 3. The standard InChI is InChI=1S/C12H10F3NO3/c1-3-18-11(17)9-5-8(6-16)7(2)4-10(9)19-12(13,14)15/h4-5H,3H2,1-2H3. The third-order valence-electron chi connectivity index (χ3n) is 2.17. The van der Waals surface area contributed by atoms with Gasteiger partial charge in [-0.15, -0.1) is 13.2 Å². The monoisotopic (exact) mass is 273 g/mol. The number of esters is 1. The van der Waals surface area contributed by atoms with Gasteiger partial charge in [0.2, 0.25) is 0 Å². The highest BCUT2D eigenvalue weighted by Gasteiger charge is 2.33. The van der Waals surface area contributed by atoms with E-state index in [0.29, 0.717) is 0 Å². The molecule has 4 nitrogen and oxygen atoms in total. The minimum absolute atomic E-state index is 0.0000541. The van der Waals surface area contributed by atoms with Crippen molar-refractivity contribution in [1.29, 1.82) is 5.26 Å². The van der Waals surface area contributed by atoms with Crippen molar-refractivity contribution in [2.24, 2.45) is 0 Å². The third kappa shape index (κ3) is 3.88. The number of alkyl halides is 3. The fourth-order valence-corrected chi connectivity index (χ4v) is 1.38. The van der Waals surface area contributed by atoms with Gasteiger partial charge in [-0.1, -0.05) is 0 Å². The van der Waals surface area contributed by atoms with Crippen LogP contribution >= 0.6 is 0 Å². The van der Waals surface area contributed by atoms with E-state index in [4.69, 9.17) is 5.26 Å². The van der Waals surface area contributed by atoms with Crippen molar-refractivity contribution in [3.8, 4) is 11.8 Å². The molecule has 102 valence electrons. The molecule has 19 heavy (non-hydrogen) atoms. The molecule has 1 aromatic rings. The molecule has 7 heteroatoms. The van der Waals surface area contributed by atoms with E-state index >= 15 is 0 Å². The van der Waals surface area contributed by atoms with Gasteiger partial charge in [0.1, 0.15) is 11.3 Å². The van der Waals surface area contributed by atoms with E-state index in [2.05, 4.69) is 9.47 Å². The van der Waals surface area contributed by atoms with Crippen LogP contribution in [0.5, 0.6) is 5.75 Å². The Morgan fingerprint density at radius 2 is 2.05 bits per heavy atom. The van der Waals surface area contributed by atoms with Crippen molar-refractivity contribution < 1.29 is 27.4 Å². The van der Waals surface area contributed by atoms with E-state index in [0.717, 1.165) is 12.1 Å². The summed E-state index contributed by atoms with van der Waals surface area (Å²) in [6.07, 6.45) is -4.93. The highest BCUT2D eigenvalue weighted by atomic mass is 19.4. The van der Waals surface area contributed by atoms with Gasteiger partial charge in [0.15, 0.2) is 0 Å². The number of nitriles is 1. The molecular weight excluding hydrogens is 263 g/mol. The maximum atomic E-state index is 12.2. The fourth-order valence-electron chi connectivity index (χ4n) is 1.38. The molecule has 0 unspecified atom stereocenters. The lowest BCUT2D eigenvalue weighted by atomic mass is 10.0. The zero-order valence-corrected chi connectivity index (χ0v) is 10.2. The van der Waals surface area contributed by atoms with Gasteiger partial charge in [0.25, 0.3) is 0 Å². The molecule has 0 bridgehead atoms. The van der Waals surface area contributed by atoms with Crippen molar-refractivity contribution in [2.75, 3.05) is 6.61 Å². The Hall–Kier alpha value is -2.23. The van der Waals surface area contributed by atoms with Gasteiger partial charge < -0.3 is 9.47 Å². The molecule has 0 N–H and O–H groups in total. The Kier molecular flexibility index (Phi) is 4.38. The Balaban J connectivity index is 3.31. The minimum atomic E-state index is -4.93. The first-order valence-corrected chi connectivity index (χ1v) is 5.26. The number of benzene rings is 1. The van der Waals surface area contributed by atoms with Crippen LogP contribution in [-0.4, -0.2) is 18.9 Å². The normalized spacial score (nSPS) is 10.7. The van der Waals surface area contributed by atoms with Crippen molar-refractivity contribution in [1.82, 2.24) is 0 Å². The molecule has 0 saturated heterocycles. The van der Waals surface area contributed by atoms with E-state index < -0.39 is 23.6 Å². The number of hydrogen-bond donors (Lipinski definition) is 0. The van der Waals surface area contributed by atoms with E-state index in [-0.39, 0.29) is 17.7 Å². The first-order chi connectivity index (χ1) is 8.78. The lowest BCUT2D eigenvalue weighted by molar-refractivity contribution is -0.274. The average molecular weight is 273 g/mol. The van der Waals surface area contributed by atoms with Crippen molar-refractivity contribution in [2.45, 2.75) is 20.2 Å². The highest BCUT2D eigenvalue weighted by molar-refractivity contribution is 5.93. The Morgan fingerprint density at radius 3 is 2.53 bits per heavy atom. The van der Waals surface area contributed by atoms with Gasteiger partial charge in [-0.3, -0.25) is 0 Å². The van der Waals surface area contributed by atoms with Crippen molar-refractivity contribution >= 4 is 5.97 Å². The second-order valence-electron chi connectivity index (χ2n) is 3.54. The molecule has 0 aromatic heterocycles. The first-order valence-electron chi connectivity index (χ1n) is 5.26. The summed E-state index contributed by atoms with van der Waals surface area (Å²) >= 11 is 0. The van der Waals surface area contributed by atoms with E-state index in [1.54, 1.807) is 6.07 Å². The summed E-state index contributed by atoms with van der Waals surface area (Å²) in [5.74, 6) is -1.65. The fraction of sp³-hybridized carbons (Fsp3) is 0.333. The summed E-state index contributed by atoms with van der Waals surface area (Å²) in [7, 11) is 0. The molecule has 1 rings (SSSR count). The Labute approximate surface area is 107 Å². The Morgan fingerprint density at radius 1 is 1.42 bits per heavy atom. The average Bonchev–Trinajstić information content (AvgIpc) is 2.27. The maximum Gasteiger partial charge on any atom is 0.573 e. The predicted octanol–water partition coefficient (Wildman–Crippen LogP) is 2.94. The summed E-state index contributed by atoms with van der Waals surface area (Å²) in [6.45, 7) is 2.96. The number of aryl methyl sites for hydroxylation is 1. The minimum Gasteiger partial charge on any atom is -0.462 e. The number of carbonyl (C=O) groups is 1. The molecule has 0 aliphatic heterocycles. The predicted molar refractivity (Wildman–Crippen MR) is 58.5 cm³/mol. The molecular formula is C12H10F3NO3. The van der Waals surface area contributed by atoms with E-state index in [1.807, 2.05) is 0 Å². The van der Waals surface area contributed by atoms with Crippen LogP contribution in [0.15, 0.2) is 12.1 Å². The molecule has 0 amide bonds. The quantitative estimate of drug-likeness (QED) is 0.794. The number of carbonyl (C=O) groups excluding carboxylic acids is 1. The topological polar surface area (TPSA) is 59.3 Å². The van der Waals surface area contributed by atoms with Crippen LogP contribution in [0.25, 0.3) is 0 Å². The zero-order chi connectivity index (χ0) is 14.6. The van der Waals surface area contributed by atoms with Gasteiger partial charge >= 0.3 is 12.3 Å². The molecule has 0 heterocycles. The second kappa shape index (κ2) is 5.61. The molecule has 0 aliphatic carbocycles. The lowest BCUT2D eigenvalue weighted by Gasteiger charge is -2.14. The summed E-state index contributed by atoms with van der Waals surface area (Å²) in [6, 6.07) is 3.78. The largest absolute Gasteiger partial charge is 0.573 e. The number of ether oxygens (including phenoxy) is 2. The number of hydrogen-bond acceptors (Lipinski definition) is 4. The molecule has 0 saturated carbocycles. The lowest BCUT2D eigenvalue weighted by Crippen LogP contribution is -2.20. The van der Waals surface area contributed by atoms with Crippen LogP contribution < -0.4 is 4.74 Å². The summed E-state index contributed by atoms with van der Waals surface area (Å²) in [4.78, 5) is 11.6. The molecule has 0 spiro atoms. The molecule has 1 aromatic carbocycles. The molecule has 0 fully saturated rings. The highest BCUT2D eigenvalue weighted by Crippen LogP contribution is 2.29. The van der Waals surface area contributed by atoms with Gasteiger partial charge in [-0.05, 0) is 31.5 Å². The second-order valence-corrected chi connectivity index (χ2v) is 3.54. The van der Waals surface area contributed by atoms with Crippen molar-refractivity contribution in [3.63, 3.8) is 0 Å². The van der Waals surface area contributed by atoms with Crippen LogP contribution in [0.1, 0.15) is 28.4 Å². The van der Waals surface area contributed by atoms with E-state index in [9.17, 15) is 18.0 Å². The summed E-state index contributed by atoms with van der Waals surface area (Å²) in [5, 5.41) is 8.81. The van der Waals surface area contributed by atoms with E-state index in [1.165, 1.54) is 13.8 Å². The van der Waals surface area contributed by atoms with Gasteiger partial charge in [0, 0.05) is 0 Å². The summed E-state index contributed by atoms with van der Waals surface area (Å²) in [5.41, 5.74) is -0.0753. The molecule has 0 atom stereocenters. The van der Waals surface area contributed by atoms with Gasteiger partial charge in [-0.2, -0.15) is 5.26 Å². The smallest absolute Gasteiger partial charge is 0.462 e. The molecule has 0 aliphatic rings. The third-order valence-corrected chi connectivity index (χ3v) is 2.17. The number of halogens is 3. The van der Waals surface area contributed by atoms with Crippen LogP contribution in [0, 0.1) is 18.3 Å². The maximum absolute atomic E-state index is 12.2. The van der Waals surface area contributed by atoms with Gasteiger partial charge in [-0.25, -0.2) is 4.79 Å². The van der Waals surface area contributed by atoms with Crippen LogP contribution in [0.3, 0.4) is 0 Å².